The minimum atomic E-state index is -0.302. The van der Waals surface area contributed by atoms with E-state index in [-0.39, 0.29) is 18.4 Å². The molecule has 0 aliphatic heterocycles. The van der Waals surface area contributed by atoms with Crippen LogP contribution in [0.2, 0.25) is 15.1 Å². The molecule has 3 rings (SSSR count). The van der Waals surface area contributed by atoms with Gasteiger partial charge in [-0.3, -0.25) is 9.59 Å². The zero-order valence-corrected chi connectivity index (χ0v) is 18.9. The maximum atomic E-state index is 12.8. The maximum Gasteiger partial charge on any atom is 0.253 e. The first kappa shape index (κ1) is 22.9. The number of nitrogens with one attached hydrogen (secondary N) is 2. The standard InChI is InChI=1S/C23H20Cl3N3O2/c1-29(14-15-6-3-2-4-7-15)23(31)16-8-5-9-17(10-16)28-22(30)13-27-21-12-19(25)18(24)11-20(21)26/h2-12,27H,13-14H2,1H3,(H,28,30). The Hall–Kier alpha value is -2.73. The Morgan fingerprint density at radius 1 is 0.871 bits per heavy atom. The molecule has 0 spiro atoms. The highest BCUT2D eigenvalue weighted by molar-refractivity contribution is 6.44. The molecule has 2 N–H and O–H groups in total. The molecule has 0 unspecified atom stereocenters. The average Bonchev–Trinajstić information content (AvgIpc) is 2.75. The Morgan fingerprint density at radius 3 is 2.32 bits per heavy atom. The second-order valence-electron chi connectivity index (χ2n) is 6.88. The Morgan fingerprint density at radius 2 is 1.58 bits per heavy atom. The summed E-state index contributed by atoms with van der Waals surface area (Å²) >= 11 is 18.0. The van der Waals surface area contributed by atoms with Gasteiger partial charge in [-0.1, -0.05) is 71.2 Å². The van der Waals surface area contributed by atoms with Crippen LogP contribution in [0.15, 0.2) is 66.7 Å². The fourth-order valence-corrected chi connectivity index (χ4v) is 3.53. The quantitative estimate of drug-likeness (QED) is 0.413. The van der Waals surface area contributed by atoms with E-state index in [9.17, 15) is 9.59 Å². The number of carbonyl (C=O) groups is 2. The van der Waals surface area contributed by atoms with Gasteiger partial charge in [-0.2, -0.15) is 0 Å². The predicted molar refractivity (Wildman–Crippen MR) is 127 cm³/mol. The minimum Gasteiger partial charge on any atom is -0.375 e. The molecule has 160 valence electrons. The van der Waals surface area contributed by atoms with Crippen LogP contribution >= 0.6 is 34.8 Å². The van der Waals surface area contributed by atoms with Crippen LogP contribution in [0.25, 0.3) is 0 Å². The Kier molecular flexibility index (Phi) is 7.80. The molecule has 0 saturated heterocycles. The van der Waals surface area contributed by atoms with Gasteiger partial charge >= 0.3 is 0 Å². The number of benzene rings is 3. The van der Waals surface area contributed by atoms with E-state index in [0.717, 1.165) is 5.56 Å². The summed E-state index contributed by atoms with van der Waals surface area (Å²) < 4.78 is 0. The van der Waals surface area contributed by atoms with E-state index >= 15 is 0 Å². The second kappa shape index (κ2) is 10.5. The zero-order valence-electron chi connectivity index (χ0n) is 16.7. The Labute approximate surface area is 195 Å². The fraction of sp³-hybridized carbons (Fsp3) is 0.130. The monoisotopic (exact) mass is 475 g/mol. The molecule has 3 aromatic rings. The van der Waals surface area contributed by atoms with Crippen molar-refractivity contribution >= 4 is 58.0 Å². The third-order valence-corrected chi connectivity index (χ3v) is 5.49. The summed E-state index contributed by atoms with van der Waals surface area (Å²) in [5, 5.41) is 6.71. The zero-order chi connectivity index (χ0) is 22.4. The van der Waals surface area contributed by atoms with Crippen LogP contribution in [-0.2, 0) is 11.3 Å². The van der Waals surface area contributed by atoms with Crippen molar-refractivity contribution in [2.75, 3.05) is 24.2 Å². The van der Waals surface area contributed by atoms with Crippen LogP contribution < -0.4 is 10.6 Å². The van der Waals surface area contributed by atoms with E-state index in [2.05, 4.69) is 10.6 Å². The van der Waals surface area contributed by atoms with Crippen molar-refractivity contribution < 1.29 is 9.59 Å². The van der Waals surface area contributed by atoms with Crippen LogP contribution in [-0.4, -0.2) is 30.3 Å². The highest BCUT2D eigenvalue weighted by Gasteiger charge is 2.13. The molecular weight excluding hydrogens is 457 g/mol. The molecule has 31 heavy (non-hydrogen) atoms. The summed E-state index contributed by atoms with van der Waals surface area (Å²) in [7, 11) is 1.74. The molecule has 0 atom stereocenters. The first-order valence-electron chi connectivity index (χ1n) is 9.41. The average molecular weight is 477 g/mol. The van der Waals surface area contributed by atoms with Gasteiger partial charge < -0.3 is 15.5 Å². The highest BCUT2D eigenvalue weighted by atomic mass is 35.5. The maximum absolute atomic E-state index is 12.8. The Balaban J connectivity index is 1.60. The number of carbonyl (C=O) groups excluding carboxylic acids is 2. The van der Waals surface area contributed by atoms with Crippen LogP contribution in [0, 0.1) is 0 Å². The Bertz CT molecular complexity index is 1090. The molecule has 0 radical (unpaired) electrons. The third-order valence-electron chi connectivity index (χ3n) is 4.45. The number of halogens is 3. The molecule has 0 heterocycles. The molecule has 0 aliphatic rings. The lowest BCUT2D eigenvalue weighted by atomic mass is 10.1. The highest BCUT2D eigenvalue weighted by Crippen LogP contribution is 2.32. The van der Waals surface area contributed by atoms with Crippen LogP contribution in [0.4, 0.5) is 11.4 Å². The van der Waals surface area contributed by atoms with E-state index in [0.29, 0.717) is 38.6 Å². The molecule has 0 fully saturated rings. The van der Waals surface area contributed by atoms with Crippen molar-refractivity contribution in [1.82, 2.24) is 4.90 Å². The first-order valence-corrected chi connectivity index (χ1v) is 10.5. The number of hydrogen-bond acceptors (Lipinski definition) is 3. The van der Waals surface area contributed by atoms with E-state index in [1.807, 2.05) is 30.3 Å². The molecule has 8 heteroatoms. The summed E-state index contributed by atoms with van der Waals surface area (Å²) in [6.45, 7) is 0.453. The smallest absolute Gasteiger partial charge is 0.253 e. The van der Waals surface area contributed by atoms with Gasteiger partial charge in [0.1, 0.15) is 0 Å². The summed E-state index contributed by atoms with van der Waals surface area (Å²) in [6, 6.07) is 19.6. The minimum absolute atomic E-state index is 0.0379. The van der Waals surface area contributed by atoms with Gasteiger partial charge in [0.15, 0.2) is 0 Å². The molecule has 0 aliphatic carbocycles. The number of anilines is 2. The summed E-state index contributed by atoms with van der Waals surface area (Å²) in [4.78, 5) is 26.7. The van der Waals surface area contributed by atoms with Gasteiger partial charge in [-0.15, -0.1) is 0 Å². The molecule has 0 saturated carbocycles. The topological polar surface area (TPSA) is 61.4 Å². The lowest BCUT2D eigenvalue weighted by molar-refractivity contribution is -0.114. The van der Waals surface area contributed by atoms with Crippen LogP contribution in [0.1, 0.15) is 15.9 Å². The van der Waals surface area contributed by atoms with Crippen LogP contribution in [0.3, 0.4) is 0 Å². The number of hydrogen-bond donors (Lipinski definition) is 2. The van der Waals surface area contributed by atoms with E-state index in [1.54, 1.807) is 42.3 Å². The summed E-state index contributed by atoms with van der Waals surface area (Å²) in [5.74, 6) is -0.440. The van der Waals surface area contributed by atoms with Crippen molar-refractivity contribution in [2.45, 2.75) is 6.54 Å². The largest absolute Gasteiger partial charge is 0.375 e. The van der Waals surface area contributed by atoms with E-state index in [1.165, 1.54) is 6.07 Å². The lowest BCUT2D eigenvalue weighted by Gasteiger charge is -2.18. The second-order valence-corrected chi connectivity index (χ2v) is 8.10. The van der Waals surface area contributed by atoms with Gasteiger partial charge in [0.05, 0.1) is 27.3 Å². The number of rotatable bonds is 7. The van der Waals surface area contributed by atoms with Crippen molar-refractivity contribution in [3.8, 4) is 0 Å². The third kappa shape index (κ3) is 6.37. The van der Waals surface area contributed by atoms with Crippen molar-refractivity contribution in [3.05, 3.63) is 92.9 Å². The number of nitrogens with zero attached hydrogens (tertiary/aromatic N) is 1. The predicted octanol–water partition coefficient (Wildman–Crippen LogP) is 5.97. The van der Waals surface area contributed by atoms with Gasteiger partial charge in [-0.25, -0.2) is 0 Å². The first-order chi connectivity index (χ1) is 14.8. The van der Waals surface area contributed by atoms with Gasteiger partial charge in [0, 0.05) is 24.8 Å². The van der Waals surface area contributed by atoms with Gasteiger partial charge in [-0.05, 0) is 35.9 Å². The fourth-order valence-electron chi connectivity index (χ4n) is 2.92. The van der Waals surface area contributed by atoms with E-state index in [4.69, 9.17) is 34.8 Å². The number of amides is 2. The normalized spacial score (nSPS) is 10.5. The molecular formula is C23H20Cl3N3O2. The van der Waals surface area contributed by atoms with Crippen molar-refractivity contribution in [3.63, 3.8) is 0 Å². The summed E-state index contributed by atoms with van der Waals surface area (Å²) in [5.41, 5.74) is 2.54. The molecule has 0 aromatic heterocycles. The van der Waals surface area contributed by atoms with Crippen molar-refractivity contribution in [1.29, 1.82) is 0 Å². The van der Waals surface area contributed by atoms with E-state index < -0.39 is 0 Å². The summed E-state index contributed by atoms with van der Waals surface area (Å²) in [6.07, 6.45) is 0. The van der Waals surface area contributed by atoms with Crippen molar-refractivity contribution in [2.24, 2.45) is 0 Å². The molecule has 5 nitrogen and oxygen atoms in total. The molecule has 3 aromatic carbocycles. The SMILES string of the molecule is CN(Cc1ccccc1)C(=O)c1cccc(NC(=O)CNc2cc(Cl)c(Cl)cc2Cl)c1. The lowest BCUT2D eigenvalue weighted by Crippen LogP contribution is -2.26. The van der Waals surface area contributed by atoms with Gasteiger partial charge in [0.25, 0.3) is 5.91 Å². The van der Waals surface area contributed by atoms with Crippen LogP contribution in [0.5, 0.6) is 0 Å². The van der Waals surface area contributed by atoms with Gasteiger partial charge in [0.2, 0.25) is 5.91 Å². The molecule has 0 bridgehead atoms. The molecule has 2 amide bonds.